The van der Waals surface area contributed by atoms with Gasteiger partial charge in [-0.3, -0.25) is 9.53 Å². The monoisotopic (exact) mass is 334 g/mol. The minimum absolute atomic E-state index is 0.0972. The predicted octanol–water partition coefficient (Wildman–Crippen LogP) is 4.04. The van der Waals surface area contributed by atoms with E-state index in [4.69, 9.17) is 0 Å². The van der Waals surface area contributed by atoms with Gasteiger partial charge in [-0.05, 0) is 17.7 Å². The smallest absolute Gasteiger partial charge is 0.291 e. The van der Waals surface area contributed by atoms with E-state index in [0.29, 0.717) is 10.0 Å². The fraction of sp³-hybridized carbons (Fsp3) is 0.308. The molecule has 2 nitrogen and oxygen atoms in total. The summed E-state index contributed by atoms with van der Waals surface area (Å²) in [7, 11) is 0. The van der Waals surface area contributed by atoms with Crippen molar-refractivity contribution in [1.82, 2.24) is 0 Å². The molecule has 1 unspecified atom stereocenters. The Bertz CT molecular complexity index is 539. The molecule has 0 N–H and O–H groups in total. The zero-order valence-corrected chi connectivity index (χ0v) is 11.3. The summed E-state index contributed by atoms with van der Waals surface area (Å²) < 4.78 is 42.4. The lowest BCUT2D eigenvalue weighted by atomic mass is 9.94. The molecule has 0 radical (unpaired) electrons. The third-order valence-electron chi connectivity index (χ3n) is 2.99. The Labute approximate surface area is 116 Å². The molecular formula is C13H10BrF3O2. The third kappa shape index (κ3) is 2.74. The standard InChI is InChI=1S/C13H10BrF3O2/c1-2-5-12(19-13(15,16)17)7-8-3-4-9(14)6-10(8)11(12)18/h2-4,6H,1,5,7H2. The molecule has 1 aliphatic rings. The van der Waals surface area contributed by atoms with Gasteiger partial charge in [-0.15, -0.1) is 19.8 Å². The molecule has 19 heavy (non-hydrogen) atoms. The zero-order chi connectivity index (χ0) is 14.3. The lowest BCUT2D eigenvalue weighted by Crippen LogP contribution is -2.43. The van der Waals surface area contributed by atoms with E-state index in [2.05, 4.69) is 27.2 Å². The van der Waals surface area contributed by atoms with Crippen LogP contribution in [0.15, 0.2) is 35.3 Å². The van der Waals surface area contributed by atoms with E-state index in [-0.39, 0.29) is 18.4 Å². The maximum Gasteiger partial charge on any atom is 0.523 e. The normalized spacial score (nSPS) is 22.4. The van der Waals surface area contributed by atoms with Crippen molar-refractivity contribution in [2.24, 2.45) is 0 Å². The van der Waals surface area contributed by atoms with E-state index in [1.165, 1.54) is 12.1 Å². The average molecular weight is 335 g/mol. The maximum absolute atomic E-state index is 12.5. The van der Waals surface area contributed by atoms with Crippen LogP contribution in [0.2, 0.25) is 0 Å². The number of Topliss-reactive ketones (excluding diaryl/α,β-unsaturated/α-hetero) is 1. The minimum atomic E-state index is -4.86. The second-order valence-corrected chi connectivity index (χ2v) is 5.26. The second-order valence-electron chi connectivity index (χ2n) is 4.34. The number of carbonyl (C=O) groups is 1. The van der Waals surface area contributed by atoms with Crippen molar-refractivity contribution in [3.8, 4) is 0 Å². The molecule has 102 valence electrons. The van der Waals surface area contributed by atoms with Gasteiger partial charge < -0.3 is 0 Å². The van der Waals surface area contributed by atoms with Gasteiger partial charge in [0, 0.05) is 22.9 Å². The van der Waals surface area contributed by atoms with Crippen molar-refractivity contribution in [2.45, 2.75) is 24.8 Å². The summed E-state index contributed by atoms with van der Waals surface area (Å²) in [5, 5.41) is 0. The number of carbonyl (C=O) groups excluding carboxylic acids is 1. The largest absolute Gasteiger partial charge is 0.523 e. The summed E-state index contributed by atoms with van der Waals surface area (Å²) >= 11 is 3.19. The number of fused-ring (bicyclic) bond motifs is 1. The first-order valence-electron chi connectivity index (χ1n) is 5.48. The Morgan fingerprint density at radius 3 is 2.74 bits per heavy atom. The lowest BCUT2D eigenvalue weighted by molar-refractivity contribution is -0.355. The molecule has 0 saturated carbocycles. The predicted molar refractivity (Wildman–Crippen MR) is 66.9 cm³/mol. The molecule has 1 atom stereocenters. The lowest BCUT2D eigenvalue weighted by Gasteiger charge is -2.27. The van der Waals surface area contributed by atoms with Crippen LogP contribution in [0.3, 0.4) is 0 Å². The van der Waals surface area contributed by atoms with Gasteiger partial charge >= 0.3 is 6.36 Å². The summed E-state index contributed by atoms with van der Waals surface area (Å²) in [5.74, 6) is -0.652. The van der Waals surface area contributed by atoms with Gasteiger partial charge in [-0.2, -0.15) is 0 Å². The first-order valence-corrected chi connectivity index (χ1v) is 6.28. The summed E-state index contributed by atoms with van der Waals surface area (Å²) in [6.45, 7) is 3.41. The topological polar surface area (TPSA) is 26.3 Å². The second kappa shape index (κ2) is 4.76. The van der Waals surface area contributed by atoms with Crippen LogP contribution >= 0.6 is 15.9 Å². The van der Waals surface area contributed by atoms with Crippen molar-refractivity contribution in [2.75, 3.05) is 0 Å². The minimum Gasteiger partial charge on any atom is -0.291 e. The molecule has 1 aromatic rings. The van der Waals surface area contributed by atoms with Gasteiger partial charge in [0.05, 0.1) is 0 Å². The summed E-state index contributed by atoms with van der Waals surface area (Å²) in [4.78, 5) is 12.2. The van der Waals surface area contributed by atoms with Crippen LogP contribution in [0.5, 0.6) is 0 Å². The Morgan fingerprint density at radius 1 is 1.47 bits per heavy atom. The molecule has 1 aliphatic carbocycles. The first kappa shape index (κ1) is 14.3. The molecule has 1 aromatic carbocycles. The molecule has 2 rings (SSSR count). The fourth-order valence-electron chi connectivity index (χ4n) is 2.29. The van der Waals surface area contributed by atoms with E-state index in [1.54, 1.807) is 12.1 Å². The van der Waals surface area contributed by atoms with Crippen LogP contribution in [-0.4, -0.2) is 17.7 Å². The highest BCUT2D eigenvalue weighted by atomic mass is 79.9. The van der Waals surface area contributed by atoms with Crippen LogP contribution in [0.1, 0.15) is 22.3 Å². The van der Waals surface area contributed by atoms with Crippen molar-refractivity contribution in [3.05, 3.63) is 46.5 Å². The molecule has 0 heterocycles. The van der Waals surface area contributed by atoms with E-state index >= 15 is 0 Å². The van der Waals surface area contributed by atoms with Gasteiger partial charge in [-0.25, -0.2) is 0 Å². The fourth-order valence-corrected chi connectivity index (χ4v) is 2.65. The van der Waals surface area contributed by atoms with Crippen LogP contribution < -0.4 is 0 Å². The summed E-state index contributed by atoms with van der Waals surface area (Å²) in [6, 6.07) is 4.83. The number of ketones is 1. The van der Waals surface area contributed by atoms with Gasteiger partial charge in [0.25, 0.3) is 0 Å². The highest BCUT2D eigenvalue weighted by Crippen LogP contribution is 2.40. The number of hydrogen-bond donors (Lipinski definition) is 0. The van der Waals surface area contributed by atoms with Gasteiger partial charge in [0.15, 0.2) is 5.78 Å². The molecule has 0 bridgehead atoms. The van der Waals surface area contributed by atoms with Crippen LogP contribution in [0, 0.1) is 0 Å². The van der Waals surface area contributed by atoms with Crippen molar-refractivity contribution in [3.63, 3.8) is 0 Å². The van der Waals surface area contributed by atoms with E-state index in [0.717, 1.165) is 0 Å². The van der Waals surface area contributed by atoms with Crippen molar-refractivity contribution >= 4 is 21.7 Å². The third-order valence-corrected chi connectivity index (χ3v) is 3.48. The molecule has 0 spiro atoms. The Hall–Kier alpha value is -1.14. The van der Waals surface area contributed by atoms with Crippen LogP contribution in [0.25, 0.3) is 0 Å². The van der Waals surface area contributed by atoms with Crippen molar-refractivity contribution in [1.29, 1.82) is 0 Å². The number of rotatable bonds is 3. The van der Waals surface area contributed by atoms with Gasteiger partial charge in [-0.1, -0.05) is 28.1 Å². The quantitative estimate of drug-likeness (QED) is 0.780. The molecule has 6 heteroatoms. The number of benzene rings is 1. The molecule has 0 saturated heterocycles. The van der Waals surface area contributed by atoms with Gasteiger partial charge in [0.2, 0.25) is 0 Å². The Morgan fingerprint density at radius 2 is 2.16 bits per heavy atom. The molecule has 0 aromatic heterocycles. The number of halogens is 4. The van der Waals surface area contributed by atoms with E-state index < -0.39 is 17.7 Å². The average Bonchev–Trinajstić information content (AvgIpc) is 2.52. The maximum atomic E-state index is 12.5. The highest BCUT2D eigenvalue weighted by molar-refractivity contribution is 9.10. The highest BCUT2D eigenvalue weighted by Gasteiger charge is 2.52. The van der Waals surface area contributed by atoms with Gasteiger partial charge in [0.1, 0.15) is 5.60 Å². The number of alkyl halides is 3. The molecule has 0 fully saturated rings. The van der Waals surface area contributed by atoms with E-state index in [1.807, 2.05) is 0 Å². The molecule has 0 aliphatic heterocycles. The Kier molecular flexibility index (Phi) is 3.57. The summed E-state index contributed by atoms with van der Waals surface area (Å²) in [6.07, 6.45) is -3.87. The van der Waals surface area contributed by atoms with Crippen molar-refractivity contribution < 1.29 is 22.7 Å². The molecule has 0 amide bonds. The SMILES string of the molecule is C=CCC1(OC(F)(F)F)Cc2ccc(Br)cc2C1=O. The zero-order valence-electron chi connectivity index (χ0n) is 9.76. The first-order chi connectivity index (χ1) is 8.77. The summed E-state index contributed by atoms with van der Waals surface area (Å²) in [5.41, 5.74) is -1.09. The molecular weight excluding hydrogens is 325 g/mol. The van der Waals surface area contributed by atoms with Crippen LogP contribution in [0.4, 0.5) is 13.2 Å². The van der Waals surface area contributed by atoms with E-state index in [9.17, 15) is 18.0 Å². The number of ether oxygens (including phenoxy) is 1. The van der Waals surface area contributed by atoms with Crippen LogP contribution in [-0.2, 0) is 11.2 Å². The Balaban J connectivity index is 2.44. The number of hydrogen-bond acceptors (Lipinski definition) is 2.